The minimum absolute atomic E-state index is 0.00179. The van der Waals surface area contributed by atoms with E-state index < -0.39 is 5.60 Å². The molecule has 2 atom stereocenters. The van der Waals surface area contributed by atoms with Crippen molar-refractivity contribution in [3.63, 3.8) is 0 Å². The first-order valence-corrected chi connectivity index (χ1v) is 9.01. The number of ether oxygens (including phenoxy) is 1. The van der Waals surface area contributed by atoms with Gasteiger partial charge in [0.05, 0.1) is 0 Å². The monoisotopic (exact) mass is 343 g/mol. The Morgan fingerprint density at radius 2 is 1.88 bits per heavy atom. The van der Waals surface area contributed by atoms with Crippen molar-refractivity contribution in [2.75, 3.05) is 6.54 Å². The van der Waals surface area contributed by atoms with Crippen molar-refractivity contribution in [2.45, 2.75) is 52.6 Å². The van der Waals surface area contributed by atoms with E-state index in [4.69, 9.17) is 4.74 Å². The highest BCUT2D eigenvalue weighted by Crippen LogP contribution is 2.26. The number of allylic oxidation sites excluding steroid dienone is 1. The fourth-order valence-electron chi connectivity index (χ4n) is 3.08. The summed E-state index contributed by atoms with van der Waals surface area (Å²) in [7, 11) is 0. The highest BCUT2D eigenvalue weighted by Gasteiger charge is 2.31. The minimum Gasteiger partial charge on any atom is -0.459 e. The van der Waals surface area contributed by atoms with E-state index in [2.05, 4.69) is 30.3 Å². The number of amides is 1. The third kappa shape index (κ3) is 6.04. The normalized spacial score (nSPS) is 20.6. The van der Waals surface area contributed by atoms with Crippen LogP contribution >= 0.6 is 0 Å². The summed E-state index contributed by atoms with van der Waals surface area (Å²) in [6.07, 6.45) is 6.84. The van der Waals surface area contributed by atoms with Crippen molar-refractivity contribution < 1.29 is 14.3 Å². The van der Waals surface area contributed by atoms with Gasteiger partial charge in [-0.1, -0.05) is 43.3 Å². The van der Waals surface area contributed by atoms with Crippen molar-refractivity contribution in [3.05, 3.63) is 48.2 Å². The smallest absolute Gasteiger partial charge is 0.326 e. The Kier molecular flexibility index (Phi) is 6.40. The largest absolute Gasteiger partial charge is 0.459 e. The predicted octanol–water partition coefficient (Wildman–Crippen LogP) is 3.96. The number of carbonyl (C=O) groups excluding carboxylic acids is 2. The molecule has 2 unspecified atom stereocenters. The summed E-state index contributed by atoms with van der Waals surface area (Å²) in [6, 6.07) is 10.4. The maximum absolute atomic E-state index is 12.5. The zero-order valence-corrected chi connectivity index (χ0v) is 15.7. The molecule has 0 N–H and O–H groups in total. The predicted molar refractivity (Wildman–Crippen MR) is 98.7 cm³/mol. The molecule has 0 bridgehead atoms. The molecule has 1 aromatic rings. The van der Waals surface area contributed by atoms with Gasteiger partial charge in [-0.2, -0.15) is 0 Å². The summed E-state index contributed by atoms with van der Waals surface area (Å²) in [4.78, 5) is 26.0. The van der Waals surface area contributed by atoms with Gasteiger partial charge in [0.1, 0.15) is 12.1 Å². The quantitative estimate of drug-likeness (QED) is 0.735. The molecule has 1 heterocycles. The van der Waals surface area contributed by atoms with Crippen LogP contribution in [0.1, 0.15) is 46.1 Å². The number of benzene rings is 1. The van der Waals surface area contributed by atoms with E-state index in [0.29, 0.717) is 0 Å². The molecule has 1 aliphatic heterocycles. The molecule has 0 radical (unpaired) electrons. The summed E-state index contributed by atoms with van der Waals surface area (Å²) in [5, 5.41) is 0. The number of nitrogens with zero attached hydrogens (tertiary/aromatic N) is 1. The summed E-state index contributed by atoms with van der Waals surface area (Å²) in [5.41, 5.74) is 0.790. The molecule has 1 aliphatic rings. The van der Waals surface area contributed by atoms with Crippen LogP contribution in [0.3, 0.4) is 0 Å². The van der Waals surface area contributed by atoms with Crippen molar-refractivity contribution in [2.24, 2.45) is 11.8 Å². The number of aryl methyl sites for hydroxylation is 1. The third-order valence-electron chi connectivity index (χ3n) is 4.39. The second-order valence-corrected chi connectivity index (χ2v) is 7.72. The highest BCUT2D eigenvalue weighted by molar-refractivity contribution is 5.85. The lowest BCUT2D eigenvalue weighted by Crippen LogP contribution is -2.42. The molecule has 1 amide bonds. The van der Waals surface area contributed by atoms with Crippen LogP contribution in [0, 0.1) is 11.8 Å². The van der Waals surface area contributed by atoms with E-state index in [1.54, 1.807) is 6.20 Å². The Hall–Kier alpha value is -2.10. The molecule has 0 saturated carbocycles. The lowest BCUT2D eigenvalue weighted by atomic mass is 9.85. The summed E-state index contributed by atoms with van der Waals surface area (Å²) >= 11 is 0. The first-order valence-electron chi connectivity index (χ1n) is 9.01. The van der Waals surface area contributed by atoms with Gasteiger partial charge in [-0.3, -0.25) is 9.59 Å². The molecule has 4 heteroatoms. The van der Waals surface area contributed by atoms with E-state index in [1.807, 2.05) is 33.8 Å². The van der Waals surface area contributed by atoms with Crippen LogP contribution in [-0.2, 0) is 20.7 Å². The second-order valence-electron chi connectivity index (χ2n) is 7.72. The first kappa shape index (κ1) is 19.2. The Morgan fingerprint density at radius 1 is 1.20 bits per heavy atom. The number of hydrogen-bond acceptors (Lipinski definition) is 3. The number of rotatable bonds is 6. The molecule has 2 rings (SSSR count). The van der Waals surface area contributed by atoms with Gasteiger partial charge in [-0.05, 0) is 51.5 Å². The fourth-order valence-corrected chi connectivity index (χ4v) is 3.08. The molecule has 0 aliphatic carbocycles. The lowest BCUT2D eigenvalue weighted by molar-refractivity contribution is -0.158. The maximum Gasteiger partial charge on any atom is 0.326 e. The van der Waals surface area contributed by atoms with Crippen LogP contribution in [0.5, 0.6) is 0 Å². The van der Waals surface area contributed by atoms with Crippen LogP contribution < -0.4 is 0 Å². The molecule has 0 spiro atoms. The Morgan fingerprint density at radius 3 is 2.52 bits per heavy atom. The van der Waals surface area contributed by atoms with Gasteiger partial charge in [-0.15, -0.1) is 0 Å². The molecular weight excluding hydrogens is 314 g/mol. The van der Waals surface area contributed by atoms with Crippen molar-refractivity contribution in [3.8, 4) is 0 Å². The van der Waals surface area contributed by atoms with Gasteiger partial charge >= 0.3 is 5.97 Å². The highest BCUT2D eigenvalue weighted by atomic mass is 16.6. The van der Waals surface area contributed by atoms with E-state index in [-0.39, 0.29) is 30.3 Å². The number of esters is 1. The fraction of sp³-hybridized carbons (Fsp3) is 0.524. The van der Waals surface area contributed by atoms with Crippen LogP contribution in [-0.4, -0.2) is 28.9 Å². The molecule has 136 valence electrons. The molecule has 0 saturated heterocycles. The molecule has 25 heavy (non-hydrogen) atoms. The van der Waals surface area contributed by atoms with E-state index in [1.165, 1.54) is 10.5 Å². The van der Waals surface area contributed by atoms with E-state index in [0.717, 1.165) is 19.3 Å². The first-order chi connectivity index (χ1) is 11.8. The third-order valence-corrected chi connectivity index (χ3v) is 4.39. The summed E-state index contributed by atoms with van der Waals surface area (Å²) in [6.45, 7) is 7.40. The lowest BCUT2D eigenvalue weighted by Gasteiger charge is -2.31. The van der Waals surface area contributed by atoms with E-state index >= 15 is 0 Å². The van der Waals surface area contributed by atoms with Crippen molar-refractivity contribution >= 4 is 11.9 Å². The average molecular weight is 343 g/mol. The molecule has 1 aromatic carbocycles. The molecule has 0 fully saturated rings. The van der Waals surface area contributed by atoms with Gasteiger partial charge < -0.3 is 9.64 Å². The number of carbonyl (C=O) groups is 2. The zero-order chi connectivity index (χ0) is 18.4. The Balaban J connectivity index is 1.86. The van der Waals surface area contributed by atoms with Crippen LogP contribution in [0.4, 0.5) is 0 Å². The van der Waals surface area contributed by atoms with Crippen LogP contribution in [0.2, 0.25) is 0 Å². The van der Waals surface area contributed by atoms with Crippen molar-refractivity contribution in [1.29, 1.82) is 0 Å². The molecule has 4 nitrogen and oxygen atoms in total. The van der Waals surface area contributed by atoms with Gasteiger partial charge in [-0.25, -0.2) is 0 Å². The van der Waals surface area contributed by atoms with Crippen LogP contribution in [0.15, 0.2) is 42.6 Å². The Bertz CT molecular complexity index is 616. The second kappa shape index (κ2) is 8.32. The van der Waals surface area contributed by atoms with Gasteiger partial charge in [0.25, 0.3) is 0 Å². The summed E-state index contributed by atoms with van der Waals surface area (Å²) < 4.78 is 5.30. The zero-order valence-electron chi connectivity index (χ0n) is 15.7. The van der Waals surface area contributed by atoms with Gasteiger partial charge in [0.15, 0.2) is 0 Å². The van der Waals surface area contributed by atoms with E-state index in [9.17, 15) is 9.59 Å². The van der Waals surface area contributed by atoms with Crippen molar-refractivity contribution in [1.82, 2.24) is 4.90 Å². The maximum atomic E-state index is 12.5. The summed E-state index contributed by atoms with van der Waals surface area (Å²) in [5.74, 6) is -0.257. The topological polar surface area (TPSA) is 46.6 Å². The molecular formula is C21H29NO3. The van der Waals surface area contributed by atoms with Gasteiger partial charge in [0.2, 0.25) is 5.91 Å². The average Bonchev–Trinajstić information content (AvgIpc) is 2.53. The van der Waals surface area contributed by atoms with Crippen LogP contribution in [0.25, 0.3) is 0 Å². The SMILES string of the molecule is CC1C(=O)N(CC(=O)OC(C)(C)C)C=CC1CCCc1ccccc1. The molecule has 0 aromatic heterocycles. The standard InChI is InChI=1S/C21H29NO3/c1-16-18(12-8-11-17-9-6-5-7-10-17)13-14-22(20(16)24)15-19(23)25-21(2,3)4/h5-7,9-10,13-14,16,18H,8,11-12,15H2,1-4H3. The number of hydrogen-bond donors (Lipinski definition) is 0. The van der Waals surface area contributed by atoms with Gasteiger partial charge in [0, 0.05) is 12.1 Å². The Labute approximate surface area is 150 Å². The minimum atomic E-state index is -0.536.